The van der Waals surface area contributed by atoms with E-state index in [1.54, 1.807) is 0 Å². The van der Waals surface area contributed by atoms with Gasteiger partial charge in [0.05, 0.1) is 0 Å². The van der Waals surface area contributed by atoms with Gasteiger partial charge >= 0.3 is 0 Å². The Bertz CT molecular complexity index is 243. The van der Waals surface area contributed by atoms with E-state index in [1.807, 2.05) is 27.7 Å². The number of rotatable bonds is 2. The standard InChI is InChI=1S/C6H7NO3.2C2H6/c1-4(9)5-3-10-6(2-8)7-5;2*1-2/h3,8H,2H2,1H3;2*1-2H3. The van der Waals surface area contributed by atoms with Crippen molar-refractivity contribution < 1.29 is 14.3 Å². The molecular formula is C10H19NO3. The van der Waals surface area contributed by atoms with Gasteiger partial charge in [0.2, 0.25) is 5.89 Å². The molecule has 0 spiro atoms. The Kier molecular flexibility index (Phi) is 10.9. The van der Waals surface area contributed by atoms with Crippen LogP contribution in [0.2, 0.25) is 0 Å². The van der Waals surface area contributed by atoms with Crippen molar-refractivity contribution in [1.29, 1.82) is 0 Å². The van der Waals surface area contributed by atoms with Crippen molar-refractivity contribution in [3.63, 3.8) is 0 Å². The Hall–Kier alpha value is -1.16. The average molecular weight is 201 g/mol. The van der Waals surface area contributed by atoms with Gasteiger partial charge in [0, 0.05) is 6.92 Å². The molecule has 0 bridgehead atoms. The molecule has 4 heteroatoms. The van der Waals surface area contributed by atoms with Gasteiger partial charge in [-0.3, -0.25) is 4.79 Å². The van der Waals surface area contributed by atoms with Crippen molar-refractivity contribution in [3.8, 4) is 0 Å². The average Bonchev–Trinajstić information content (AvgIpc) is 2.72. The number of carbonyl (C=O) groups is 1. The van der Waals surface area contributed by atoms with E-state index < -0.39 is 0 Å². The van der Waals surface area contributed by atoms with E-state index in [2.05, 4.69) is 4.98 Å². The van der Waals surface area contributed by atoms with Crippen LogP contribution in [0.15, 0.2) is 10.7 Å². The molecule has 0 aromatic carbocycles. The fourth-order valence-corrected chi connectivity index (χ4v) is 0.545. The van der Waals surface area contributed by atoms with Crippen molar-refractivity contribution in [3.05, 3.63) is 17.8 Å². The quantitative estimate of drug-likeness (QED) is 0.746. The lowest BCUT2D eigenvalue weighted by Crippen LogP contribution is -1.92. The molecule has 1 heterocycles. The molecule has 0 aliphatic rings. The van der Waals surface area contributed by atoms with E-state index in [1.165, 1.54) is 13.2 Å². The highest BCUT2D eigenvalue weighted by atomic mass is 16.4. The molecule has 0 radical (unpaired) electrons. The van der Waals surface area contributed by atoms with Gasteiger partial charge in [0.15, 0.2) is 5.78 Å². The molecule has 1 rings (SSSR count). The highest BCUT2D eigenvalue weighted by Crippen LogP contribution is 2.01. The molecule has 0 aliphatic heterocycles. The number of aliphatic hydroxyl groups excluding tert-OH is 1. The zero-order valence-corrected chi connectivity index (χ0v) is 9.50. The SMILES string of the molecule is CC.CC.CC(=O)c1coc(CO)n1. The first kappa shape index (κ1) is 15.3. The third kappa shape index (κ3) is 5.48. The van der Waals surface area contributed by atoms with Crippen molar-refractivity contribution >= 4 is 5.78 Å². The second-order valence-electron chi connectivity index (χ2n) is 1.84. The van der Waals surface area contributed by atoms with Gasteiger partial charge in [0.25, 0.3) is 0 Å². The summed E-state index contributed by atoms with van der Waals surface area (Å²) in [5.74, 6) is 0.00801. The minimum atomic E-state index is -0.271. The Morgan fingerprint density at radius 3 is 2.14 bits per heavy atom. The Labute approximate surface area is 85.0 Å². The van der Waals surface area contributed by atoms with Crippen LogP contribution in [-0.4, -0.2) is 15.9 Å². The van der Waals surface area contributed by atoms with E-state index in [0.717, 1.165) is 0 Å². The molecule has 4 nitrogen and oxygen atoms in total. The number of aliphatic hydroxyl groups is 1. The molecule has 0 saturated heterocycles. The van der Waals surface area contributed by atoms with Gasteiger partial charge in [-0.15, -0.1) is 0 Å². The van der Waals surface area contributed by atoms with Crippen molar-refractivity contribution in [1.82, 2.24) is 4.98 Å². The van der Waals surface area contributed by atoms with Crippen LogP contribution in [0.5, 0.6) is 0 Å². The first-order chi connectivity index (χ1) is 6.74. The second-order valence-corrected chi connectivity index (χ2v) is 1.84. The molecule has 0 amide bonds. The summed E-state index contributed by atoms with van der Waals surface area (Å²) < 4.78 is 4.69. The van der Waals surface area contributed by atoms with Crippen LogP contribution >= 0.6 is 0 Å². The normalized spacial score (nSPS) is 7.86. The fraction of sp³-hybridized carbons (Fsp3) is 0.600. The number of hydrogen-bond donors (Lipinski definition) is 1. The van der Waals surface area contributed by atoms with Gasteiger partial charge < -0.3 is 9.52 Å². The van der Waals surface area contributed by atoms with Crippen molar-refractivity contribution in [2.75, 3.05) is 0 Å². The minimum absolute atomic E-state index is 0.163. The molecular weight excluding hydrogens is 182 g/mol. The van der Waals surface area contributed by atoms with Crippen LogP contribution in [0.4, 0.5) is 0 Å². The summed E-state index contributed by atoms with van der Waals surface area (Å²) in [6, 6.07) is 0. The zero-order chi connectivity index (χ0) is 11.6. The molecule has 0 unspecified atom stereocenters. The Morgan fingerprint density at radius 1 is 1.43 bits per heavy atom. The molecule has 1 N–H and O–H groups in total. The summed E-state index contributed by atoms with van der Waals surface area (Å²) in [7, 11) is 0. The molecule has 0 fully saturated rings. The first-order valence-electron chi connectivity index (χ1n) is 4.80. The summed E-state index contributed by atoms with van der Waals surface area (Å²) >= 11 is 0. The van der Waals surface area contributed by atoms with E-state index >= 15 is 0 Å². The van der Waals surface area contributed by atoms with Crippen LogP contribution in [0.25, 0.3) is 0 Å². The number of ketones is 1. The third-order valence-corrected chi connectivity index (χ3v) is 1.05. The Morgan fingerprint density at radius 2 is 1.93 bits per heavy atom. The lowest BCUT2D eigenvalue weighted by molar-refractivity contribution is 0.101. The third-order valence-electron chi connectivity index (χ3n) is 1.05. The van der Waals surface area contributed by atoms with E-state index in [0.29, 0.717) is 0 Å². The van der Waals surface area contributed by atoms with Gasteiger partial charge in [-0.2, -0.15) is 0 Å². The van der Waals surface area contributed by atoms with Crippen molar-refractivity contribution in [2.24, 2.45) is 0 Å². The molecule has 14 heavy (non-hydrogen) atoms. The molecule has 1 aromatic rings. The Balaban J connectivity index is 0. The van der Waals surface area contributed by atoms with E-state index in [-0.39, 0.29) is 24.0 Å². The summed E-state index contributed by atoms with van der Waals surface area (Å²) in [6.45, 7) is 9.12. The summed E-state index contributed by atoms with van der Waals surface area (Å²) in [4.78, 5) is 14.2. The molecule has 0 saturated carbocycles. The van der Waals surface area contributed by atoms with Gasteiger partial charge in [0.1, 0.15) is 18.6 Å². The number of aromatic nitrogens is 1. The zero-order valence-electron chi connectivity index (χ0n) is 9.50. The van der Waals surface area contributed by atoms with Gasteiger partial charge in [-0.1, -0.05) is 27.7 Å². The monoisotopic (exact) mass is 201 g/mol. The maximum atomic E-state index is 10.6. The minimum Gasteiger partial charge on any atom is -0.446 e. The van der Waals surface area contributed by atoms with Gasteiger partial charge in [-0.05, 0) is 0 Å². The topological polar surface area (TPSA) is 63.3 Å². The number of hydrogen-bond acceptors (Lipinski definition) is 4. The van der Waals surface area contributed by atoms with E-state index in [9.17, 15) is 4.79 Å². The lowest BCUT2D eigenvalue weighted by atomic mass is 10.3. The maximum Gasteiger partial charge on any atom is 0.220 e. The van der Waals surface area contributed by atoms with Gasteiger partial charge in [-0.25, -0.2) is 4.98 Å². The molecule has 1 aromatic heterocycles. The van der Waals surface area contributed by atoms with Crippen LogP contribution in [0, 0.1) is 0 Å². The predicted octanol–water partition coefficient (Wildman–Crippen LogP) is 2.42. The maximum absolute atomic E-state index is 10.6. The van der Waals surface area contributed by atoms with Crippen LogP contribution < -0.4 is 0 Å². The smallest absolute Gasteiger partial charge is 0.220 e. The molecule has 82 valence electrons. The number of carbonyl (C=O) groups excluding carboxylic acids is 1. The molecule has 0 aliphatic carbocycles. The number of Topliss-reactive ketones (excluding diaryl/α,β-unsaturated/α-hetero) is 1. The number of oxazole rings is 1. The van der Waals surface area contributed by atoms with Crippen LogP contribution in [-0.2, 0) is 6.61 Å². The first-order valence-corrected chi connectivity index (χ1v) is 4.80. The summed E-state index contributed by atoms with van der Waals surface area (Å²) in [5.41, 5.74) is 0.254. The summed E-state index contributed by atoms with van der Waals surface area (Å²) in [5, 5.41) is 8.47. The predicted molar refractivity (Wildman–Crippen MR) is 55.1 cm³/mol. The largest absolute Gasteiger partial charge is 0.446 e. The van der Waals surface area contributed by atoms with Crippen LogP contribution in [0.3, 0.4) is 0 Å². The fourth-order valence-electron chi connectivity index (χ4n) is 0.545. The van der Waals surface area contributed by atoms with Crippen LogP contribution in [0.1, 0.15) is 51.0 Å². The number of nitrogens with zero attached hydrogens (tertiary/aromatic N) is 1. The summed E-state index contributed by atoms with van der Waals surface area (Å²) in [6.07, 6.45) is 1.23. The van der Waals surface area contributed by atoms with E-state index in [4.69, 9.17) is 9.52 Å². The molecule has 0 atom stereocenters. The highest BCUT2D eigenvalue weighted by Gasteiger charge is 2.05. The highest BCUT2D eigenvalue weighted by molar-refractivity contribution is 5.91. The second kappa shape index (κ2) is 9.92. The lowest BCUT2D eigenvalue weighted by Gasteiger charge is -1.80. The van der Waals surface area contributed by atoms with Crippen molar-refractivity contribution in [2.45, 2.75) is 41.2 Å².